The molecule has 1 aromatic heterocycles. The second-order valence-electron chi connectivity index (χ2n) is 5.30. The minimum atomic E-state index is 0.116. The van der Waals surface area contributed by atoms with E-state index in [9.17, 15) is 0 Å². The number of aromatic nitrogens is 1. The standard InChI is InChI=1S/C17H24N2O/c1-4-5-11-16(15-9-7-6-8-10-15)19-14(3)17-18-12-13(2)20-17/h6-10,12,14,16,19H,4-5,11H2,1-3H3. The van der Waals surface area contributed by atoms with Gasteiger partial charge in [0.05, 0.1) is 12.2 Å². The fraction of sp³-hybridized carbons (Fsp3) is 0.471. The Morgan fingerprint density at radius 3 is 2.60 bits per heavy atom. The molecular formula is C17H24N2O. The molecular weight excluding hydrogens is 248 g/mol. The summed E-state index contributed by atoms with van der Waals surface area (Å²) >= 11 is 0. The predicted molar refractivity (Wildman–Crippen MR) is 81.5 cm³/mol. The van der Waals surface area contributed by atoms with Crippen LogP contribution in [0.4, 0.5) is 0 Å². The SMILES string of the molecule is CCCCC(NC(C)c1ncc(C)o1)c1ccccc1. The van der Waals surface area contributed by atoms with Crippen molar-refractivity contribution >= 4 is 0 Å². The molecule has 2 unspecified atom stereocenters. The van der Waals surface area contributed by atoms with Crippen LogP contribution in [0.25, 0.3) is 0 Å². The molecule has 0 spiro atoms. The fourth-order valence-corrected chi connectivity index (χ4v) is 2.39. The molecule has 2 aromatic rings. The average Bonchev–Trinajstić information content (AvgIpc) is 2.91. The van der Waals surface area contributed by atoms with Gasteiger partial charge in [-0.2, -0.15) is 0 Å². The lowest BCUT2D eigenvalue weighted by Gasteiger charge is -2.22. The Kier molecular flexibility index (Phi) is 5.36. The van der Waals surface area contributed by atoms with Crippen molar-refractivity contribution in [3.63, 3.8) is 0 Å². The number of aryl methyl sites for hydroxylation is 1. The summed E-state index contributed by atoms with van der Waals surface area (Å²) in [5, 5.41) is 3.64. The van der Waals surface area contributed by atoms with Crippen molar-refractivity contribution in [2.45, 2.75) is 52.1 Å². The molecule has 0 aliphatic rings. The number of hydrogen-bond acceptors (Lipinski definition) is 3. The molecule has 0 aliphatic carbocycles. The predicted octanol–water partition coefficient (Wildman–Crippen LogP) is 4.57. The fourth-order valence-electron chi connectivity index (χ4n) is 2.39. The van der Waals surface area contributed by atoms with Gasteiger partial charge in [-0.05, 0) is 25.8 Å². The summed E-state index contributed by atoms with van der Waals surface area (Å²) in [5.41, 5.74) is 1.33. The van der Waals surface area contributed by atoms with Crippen LogP contribution >= 0.6 is 0 Å². The molecule has 108 valence electrons. The van der Waals surface area contributed by atoms with Crippen molar-refractivity contribution in [2.24, 2.45) is 0 Å². The maximum Gasteiger partial charge on any atom is 0.211 e. The van der Waals surface area contributed by atoms with Gasteiger partial charge in [0.2, 0.25) is 5.89 Å². The lowest BCUT2D eigenvalue weighted by molar-refractivity contribution is 0.359. The third kappa shape index (κ3) is 3.94. The highest BCUT2D eigenvalue weighted by molar-refractivity contribution is 5.19. The van der Waals surface area contributed by atoms with Gasteiger partial charge in [-0.15, -0.1) is 0 Å². The summed E-state index contributed by atoms with van der Waals surface area (Å²) in [6, 6.07) is 11.1. The Labute approximate surface area is 121 Å². The van der Waals surface area contributed by atoms with Crippen molar-refractivity contribution in [3.05, 3.63) is 53.7 Å². The van der Waals surface area contributed by atoms with Crippen molar-refractivity contribution < 1.29 is 4.42 Å². The van der Waals surface area contributed by atoms with Crippen LogP contribution in [-0.4, -0.2) is 4.98 Å². The van der Waals surface area contributed by atoms with Gasteiger partial charge in [0.25, 0.3) is 0 Å². The van der Waals surface area contributed by atoms with E-state index < -0.39 is 0 Å². The van der Waals surface area contributed by atoms with Crippen LogP contribution in [0, 0.1) is 6.92 Å². The van der Waals surface area contributed by atoms with E-state index in [1.807, 2.05) is 6.92 Å². The number of hydrogen-bond donors (Lipinski definition) is 1. The Morgan fingerprint density at radius 2 is 2.00 bits per heavy atom. The van der Waals surface area contributed by atoms with Crippen molar-refractivity contribution in [2.75, 3.05) is 0 Å². The number of unbranched alkanes of at least 4 members (excludes halogenated alkanes) is 1. The summed E-state index contributed by atoms with van der Waals surface area (Å²) in [6.07, 6.45) is 5.32. The van der Waals surface area contributed by atoms with Gasteiger partial charge in [0, 0.05) is 6.04 Å². The zero-order valence-electron chi connectivity index (χ0n) is 12.6. The van der Waals surface area contributed by atoms with Crippen molar-refractivity contribution in [1.82, 2.24) is 10.3 Å². The molecule has 0 saturated carbocycles. The molecule has 1 aromatic carbocycles. The first-order valence-electron chi connectivity index (χ1n) is 7.44. The minimum absolute atomic E-state index is 0.116. The molecule has 1 N–H and O–H groups in total. The van der Waals surface area contributed by atoms with Crippen LogP contribution in [0.2, 0.25) is 0 Å². The zero-order chi connectivity index (χ0) is 14.4. The third-order valence-electron chi connectivity index (χ3n) is 3.51. The van der Waals surface area contributed by atoms with Crippen LogP contribution in [0.3, 0.4) is 0 Å². The van der Waals surface area contributed by atoms with E-state index >= 15 is 0 Å². The van der Waals surface area contributed by atoms with E-state index in [0.29, 0.717) is 6.04 Å². The zero-order valence-corrected chi connectivity index (χ0v) is 12.6. The van der Waals surface area contributed by atoms with E-state index in [0.717, 1.165) is 18.1 Å². The Bertz CT molecular complexity index is 507. The maximum atomic E-state index is 5.61. The smallest absolute Gasteiger partial charge is 0.211 e. The lowest BCUT2D eigenvalue weighted by atomic mass is 10.0. The topological polar surface area (TPSA) is 38.1 Å². The van der Waals surface area contributed by atoms with Crippen LogP contribution in [-0.2, 0) is 0 Å². The van der Waals surface area contributed by atoms with Crippen LogP contribution < -0.4 is 5.32 Å². The highest BCUT2D eigenvalue weighted by Gasteiger charge is 2.17. The Hall–Kier alpha value is -1.61. The second kappa shape index (κ2) is 7.25. The molecule has 2 atom stereocenters. The van der Waals surface area contributed by atoms with E-state index in [1.165, 1.54) is 18.4 Å². The number of nitrogens with zero attached hydrogens (tertiary/aromatic N) is 1. The van der Waals surface area contributed by atoms with E-state index in [-0.39, 0.29) is 6.04 Å². The molecule has 20 heavy (non-hydrogen) atoms. The summed E-state index contributed by atoms with van der Waals surface area (Å²) in [4.78, 5) is 4.31. The molecule has 0 radical (unpaired) electrons. The Balaban J connectivity index is 2.07. The third-order valence-corrected chi connectivity index (χ3v) is 3.51. The number of rotatable bonds is 7. The van der Waals surface area contributed by atoms with E-state index in [2.05, 4.69) is 54.5 Å². The van der Waals surface area contributed by atoms with Crippen molar-refractivity contribution in [3.8, 4) is 0 Å². The highest BCUT2D eigenvalue weighted by atomic mass is 16.4. The first-order valence-corrected chi connectivity index (χ1v) is 7.44. The highest BCUT2D eigenvalue weighted by Crippen LogP contribution is 2.23. The summed E-state index contributed by atoms with van der Waals surface area (Å²) < 4.78 is 5.61. The molecule has 0 saturated heterocycles. The molecule has 3 nitrogen and oxygen atoms in total. The van der Waals surface area contributed by atoms with Crippen LogP contribution in [0.5, 0.6) is 0 Å². The molecule has 3 heteroatoms. The van der Waals surface area contributed by atoms with Gasteiger partial charge in [0.1, 0.15) is 5.76 Å². The average molecular weight is 272 g/mol. The Morgan fingerprint density at radius 1 is 1.25 bits per heavy atom. The maximum absolute atomic E-state index is 5.61. The van der Waals surface area contributed by atoms with Gasteiger partial charge in [0.15, 0.2) is 0 Å². The van der Waals surface area contributed by atoms with Gasteiger partial charge >= 0.3 is 0 Å². The molecule has 2 rings (SSSR count). The van der Waals surface area contributed by atoms with Gasteiger partial charge in [-0.3, -0.25) is 5.32 Å². The monoisotopic (exact) mass is 272 g/mol. The first kappa shape index (κ1) is 14.8. The summed E-state index contributed by atoms with van der Waals surface area (Å²) in [7, 11) is 0. The van der Waals surface area contributed by atoms with Gasteiger partial charge in [-0.25, -0.2) is 4.98 Å². The lowest BCUT2D eigenvalue weighted by Crippen LogP contribution is -2.25. The van der Waals surface area contributed by atoms with Gasteiger partial charge in [-0.1, -0.05) is 50.1 Å². The minimum Gasteiger partial charge on any atom is -0.444 e. The second-order valence-corrected chi connectivity index (χ2v) is 5.30. The van der Waals surface area contributed by atoms with Gasteiger partial charge < -0.3 is 4.42 Å². The molecule has 0 aliphatic heterocycles. The van der Waals surface area contributed by atoms with Crippen molar-refractivity contribution in [1.29, 1.82) is 0 Å². The quantitative estimate of drug-likeness (QED) is 0.802. The molecule has 0 bridgehead atoms. The molecule has 1 heterocycles. The normalized spacial score (nSPS) is 14.2. The summed E-state index contributed by atoms with van der Waals surface area (Å²) in [5.74, 6) is 1.62. The summed E-state index contributed by atoms with van der Waals surface area (Å²) in [6.45, 7) is 6.26. The molecule has 0 amide bonds. The van der Waals surface area contributed by atoms with Crippen LogP contribution in [0.15, 0.2) is 40.9 Å². The number of nitrogens with one attached hydrogen (secondary N) is 1. The number of benzene rings is 1. The largest absolute Gasteiger partial charge is 0.444 e. The first-order chi connectivity index (χ1) is 9.70. The molecule has 0 fully saturated rings. The van der Waals surface area contributed by atoms with E-state index in [1.54, 1.807) is 6.20 Å². The number of oxazole rings is 1. The van der Waals surface area contributed by atoms with E-state index in [4.69, 9.17) is 4.42 Å². The van der Waals surface area contributed by atoms with Crippen LogP contribution in [0.1, 0.15) is 62.4 Å².